The van der Waals surface area contributed by atoms with Gasteiger partial charge >= 0.3 is 0 Å². The Morgan fingerprint density at radius 3 is 2.79 bits per heavy atom. The van der Waals surface area contributed by atoms with Crippen LogP contribution in [0.3, 0.4) is 0 Å². The predicted octanol–water partition coefficient (Wildman–Crippen LogP) is 2.42. The second kappa shape index (κ2) is 5.05. The molecule has 1 aliphatic rings. The molecule has 0 saturated carbocycles. The van der Waals surface area contributed by atoms with Crippen molar-refractivity contribution in [1.82, 2.24) is 9.88 Å². The summed E-state index contributed by atoms with van der Waals surface area (Å²) in [4.78, 5) is 17.6. The number of amides is 1. The number of nitrogens with zero attached hydrogens (tertiary/aromatic N) is 1. The van der Waals surface area contributed by atoms with Gasteiger partial charge in [-0.05, 0) is 18.9 Å². The minimum Gasteiger partial charge on any atom is -0.381 e. The van der Waals surface area contributed by atoms with E-state index in [4.69, 9.17) is 4.74 Å². The molecule has 2 aromatic rings. The molecule has 1 aliphatic heterocycles. The number of rotatable bonds is 2. The van der Waals surface area contributed by atoms with E-state index in [1.165, 1.54) is 0 Å². The lowest BCUT2D eigenvalue weighted by molar-refractivity contribution is 0.0352. The van der Waals surface area contributed by atoms with Crippen LogP contribution >= 0.6 is 0 Å². The molecule has 100 valence electrons. The minimum atomic E-state index is 0.118. The number of likely N-dealkylation sites (tertiary alicyclic amines) is 1. The van der Waals surface area contributed by atoms with Crippen LogP contribution in [0.5, 0.6) is 0 Å². The van der Waals surface area contributed by atoms with Gasteiger partial charge in [0.05, 0.1) is 11.7 Å². The number of carbonyl (C=O) groups excluding carboxylic acids is 1. The first-order valence-corrected chi connectivity index (χ1v) is 6.68. The van der Waals surface area contributed by atoms with Gasteiger partial charge in [-0.25, -0.2) is 0 Å². The molecule has 4 nitrogen and oxygen atoms in total. The summed E-state index contributed by atoms with van der Waals surface area (Å²) in [6.45, 7) is 1.55. The molecule has 0 bridgehead atoms. The average molecular weight is 258 g/mol. The molecule has 0 spiro atoms. The summed E-state index contributed by atoms with van der Waals surface area (Å²) in [5.41, 5.74) is 1.78. The van der Waals surface area contributed by atoms with Crippen molar-refractivity contribution in [1.29, 1.82) is 0 Å². The fourth-order valence-electron chi connectivity index (χ4n) is 2.71. The Morgan fingerprint density at radius 1 is 1.32 bits per heavy atom. The number of aromatic amines is 1. The summed E-state index contributed by atoms with van der Waals surface area (Å²) in [5.74, 6) is 0.118. The standard InChI is InChI=1S/C15H18N2O2/c1-19-11-6-8-17(9-7-11)15(18)13-10-16-14-5-3-2-4-12(13)14/h2-5,10-11,16H,6-9H2,1H3. The topological polar surface area (TPSA) is 45.3 Å². The van der Waals surface area contributed by atoms with Crippen molar-refractivity contribution < 1.29 is 9.53 Å². The van der Waals surface area contributed by atoms with Crippen LogP contribution < -0.4 is 0 Å². The molecule has 0 aliphatic carbocycles. The Morgan fingerprint density at radius 2 is 2.05 bits per heavy atom. The number of nitrogens with one attached hydrogen (secondary N) is 1. The molecule has 0 unspecified atom stereocenters. The van der Waals surface area contributed by atoms with E-state index in [0.717, 1.165) is 42.4 Å². The van der Waals surface area contributed by atoms with Gasteiger partial charge < -0.3 is 14.6 Å². The first kappa shape index (κ1) is 12.2. The number of hydrogen-bond acceptors (Lipinski definition) is 2. The van der Waals surface area contributed by atoms with E-state index in [0.29, 0.717) is 6.10 Å². The van der Waals surface area contributed by atoms with E-state index < -0.39 is 0 Å². The average Bonchev–Trinajstić information content (AvgIpc) is 2.90. The molecular formula is C15H18N2O2. The number of methoxy groups -OCH3 is 1. The fourth-order valence-corrected chi connectivity index (χ4v) is 2.71. The molecule has 0 atom stereocenters. The van der Waals surface area contributed by atoms with Crippen LogP contribution in [0.2, 0.25) is 0 Å². The highest BCUT2D eigenvalue weighted by molar-refractivity contribution is 6.06. The van der Waals surface area contributed by atoms with Gasteiger partial charge in [0.25, 0.3) is 5.91 Å². The summed E-state index contributed by atoms with van der Waals surface area (Å²) in [6.07, 6.45) is 3.96. The molecule has 1 saturated heterocycles. The number of carbonyl (C=O) groups is 1. The lowest BCUT2D eigenvalue weighted by Crippen LogP contribution is -2.40. The summed E-state index contributed by atoms with van der Waals surface area (Å²) in [6, 6.07) is 7.91. The van der Waals surface area contributed by atoms with Gasteiger partial charge in [-0.1, -0.05) is 18.2 Å². The SMILES string of the molecule is COC1CCN(C(=O)c2c[nH]c3ccccc23)CC1. The number of para-hydroxylation sites is 1. The quantitative estimate of drug-likeness (QED) is 0.899. The van der Waals surface area contributed by atoms with Gasteiger partial charge in [-0.15, -0.1) is 0 Å². The highest BCUT2D eigenvalue weighted by Crippen LogP contribution is 2.21. The zero-order chi connectivity index (χ0) is 13.2. The van der Waals surface area contributed by atoms with Crippen molar-refractivity contribution in [3.05, 3.63) is 36.0 Å². The molecule has 1 amide bonds. The van der Waals surface area contributed by atoms with Crippen LogP contribution in [-0.4, -0.2) is 42.1 Å². The van der Waals surface area contributed by atoms with Crippen molar-refractivity contribution in [3.8, 4) is 0 Å². The minimum absolute atomic E-state index is 0.118. The fraction of sp³-hybridized carbons (Fsp3) is 0.400. The molecule has 1 fully saturated rings. The lowest BCUT2D eigenvalue weighted by atomic mass is 10.1. The van der Waals surface area contributed by atoms with Gasteiger partial charge in [0.1, 0.15) is 0 Å². The Balaban J connectivity index is 1.81. The van der Waals surface area contributed by atoms with E-state index in [1.807, 2.05) is 35.4 Å². The Labute approximate surface area is 112 Å². The number of aromatic nitrogens is 1. The third-order valence-corrected chi connectivity index (χ3v) is 3.88. The zero-order valence-electron chi connectivity index (χ0n) is 11.1. The molecule has 0 radical (unpaired) electrons. The van der Waals surface area contributed by atoms with Crippen LogP contribution in [0, 0.1) is 0 Å². The van der Waals surface area contributed by atoms with E-state index in [-0.39, 0.29) is 5.91 Å². The van der Waals surface area contributed by atoms with E-state index in [2.05, 4.69) is 4.98 Å². The number of ether oxygens (including phenoxy) is 1. The maximum atomic E-state index is 12.5. The third kappa shape index (κ3) is 2.24. The summed E-state index contributed by atoms with van der Waals surface area (Å²) in [5, 5.41) is 1.00. The van der Waals surface area contributed by atoms with Gasteiger partial charge in [-0.2, -0.15) is 0 Å². The maximum Gasteiger partial charge on any atom is 0.256 e. The largest absolute Gasteiger partial charge is 0.381 e. The third-order valence-electron chi connectivity index (χ3n) is 3.88. The van der Waals surface area contributed by atoms with Crippen molar-refractivity contribution in [2.45, 2.75) is 18.9 Å². The predicted molar refractivity (Wildman–Crippen MR) is 74.2 cm³/mol. The Bertz CT molecular complexity index is 583. The molecule has 1 aromatic heterocycles. The van der Waals surface area contributed by atoms with E-state index in [9.17, 15) is 4.79 Å². The number of H-pyrrole nitrogens is 1. The molecule has 19 heavy (non-hydrogen) atoms. The molecule has 1 aromatic carbocycles. The summed E-state index contributed by atoms with van der Waals surface area (Å²) in [7, 11) is 1.74. The smallest absolute Gasteiger partial charge is 0.256 e. The number of hydrogen-bond donors (Lipinski definition) is 1. The summed E-state index contributed by atoms with van der Waals surface area (Å²) >= 11 is 0. The van der Waals surface area contributed by atoms with Crippen LogP contribution in [0.15, 0.2) is 30.5 Å². The molecule has 1 N–H and O–H groups in total. The second-order valence-electron chi connectivity index (χ2n) is 4.98. The van der Waals surface area contributed by atoms with Gasteiger partial charge in [0.2, 0.25) is 0 Å². The highest BCUT2D eigenvalue weighted by atomic mass is 16.5. The van der Waals surface area contributed by atoms with Gasteiger partial charge in [-0.3, -0.25) is 4.79 Å². The van der Waals surface area contributed by atoms with Crippen molar-refractivity contribution in [3.63, 3.8) is 0 Å². The van der Waals surface area contributed by atoms with Gasteiger partial charge in [0, 0.05) is 37.3 Å². The van der Waals surface area contributed by atoms with Crippen LogP contribution in [0.4, 0.5) is 0 Å². The van der Waals surface area contributed by atoms with Crippen LogP contribution in [0.1, 0.15) is 23.2 Å². The van der Waals surface area contributed by atoms with E-state index >= 15 is 0 Å². The first-order chi connectivity index (χ1) is 9.29. The first-order valence-electron chi connectivity index (χ1n) is 6.68. The molecular weight excluding hydrogens is 240 g/mol. The highest BCUT2D eigenvalue weighted by Gasteiger charge is 2.24. The van der Waals surface area contributed by atoms with Crippen molar-refractivity contribution in [2.75, 3.05) is 20.2 Å². The van der Waals surface area contributed by atoms with Crippen molar-refractivity contribution >= 4 is 16.8 Å². The normalized spacial score (nSPS) is 17.0. The molecule has 4 heteroatoms. The monoisotopic (exact) mass is 258 g/mol. The van der Waals surface area contributed by atoms with Crippen LogP contribution in [0.25, 0.3) is 10.9 Å². The summed E-state index contributed by atoms with van der Waals surface area (Å²) < 4.78 is 5.34. The lowest BCUT2D eigenvalue weighted by Gasteiger charge is -2.31. The number of benzene rings is 1. The molecule has 2 heterocycles. The van der Waals surface area contributed by atoms with Crippen LogP contribution in [-0.2, 0) is 4.74 Å². The Hall–Kier alpha value is -1.81. The second-order valence-corrected chi connectivity index (χ2v) is 4.98. The van der Waals surface area contributed by atoms with Gasteiger partial charge in [0.15, 0.2) is 0 Å². The Kier molecular flexibility index (Phi) is 3.25. The number of fused-ring (bicyclic) bond motifs is 1. The number of piperidine rings is 1. The van der Waals surface area contributed by atoms with Crippen molar-refractivity contribution in [2.24, 2.45) is 0 Å². The zero-order valence-corrected chi connectivity index (χ0v) is 11.1. The maximum absolute atomic E-state index is 12.5. The van der Waals surface area contributed by atoms with E-state index in [1.54, 1.807) is 7.11 Å². The molecule has 3 rings (SSSR count).